The Bertz CT molecular complexity index is 507. The van der Waals surface area contributed by atoms with Gasteiger partial charge in [0.1, 0.15) is 5.82 Å². The second kappa shape index (κ2) is 5.57. The minimum atomic E-state index is -4.68. The van der Waals surface area contributed by atoms with E-state index in [2.05, 4.69) is 0 Å². The summed E-state index contributed by atoms with van der Waals surface area (Å²) >= 11 is 0. The zero-order chi connectivity index (χ0) is 15.8. The zero-order valence-corrected chi connectivity index (χ0v) is 12.0. The first-order chi connectivity index (χ1) is 9.59. The summed E-state index contributed by atoms with van der Waals surface area (Å²) in [5, 5.41) is 9.96. The molecule has 0 saturated carbocycles. The second-order valence-corrected chi connectivity index (χ2v) is 6.15. The highest BCUT2D eigenvalue weighted by Gasteiger charge is 2.36. The van der Waals surface area contributed by atoms with Gasteiger partial charge in [0.25, 0.3) is 0 Å². The summed E-state index contributed by atoms with van der Waals surface area (Å²) in [6.07, 6.45) is -3.93. The molecule has 1 saturated heterocycles. The Hall–Kier alpha value is -1.14. The monoisotopic (exact) mass is 305 g/mol. The third kappa shape index (κ3) is 3.74. The average molecular weight is 305 g/mol. The second-order valence-electron chi connectivity index (χ2n) is 6.15. The van der Waals surface area contributed by atoms with Crippen molar-refractivity contribution in [3.05, 3.63) is 35.1 Å². The molecule has 21 heavy (non-hydrogen) atoms. The Kier molecular flexibility index (Phi) is 4.31. The Morgan fingerprint density at radius 3 is 2.48 bits per heavy atom. The first kappa shape index (κ1) is 16.2. The average Bonchev–Trinajstić information content (AvgIpc) is 2.78. The molecular formula is C15H19F4NO. The van der Waals surface area contributed by atoms with E-state index in [0.717, 1.165) is 12.5 Å². The molecule has 1 heterocycles. The fourth-order valence-corrected chi connectivity index (χ4v) is 2.71. The van der Waals surface area contributed by atoms with Gasteiger partial charge >= 0.3 is 6.18 Å². The molecule has 0 unspecified atom stereocenters. The number of aliphatic hydroxyl groups is 1. The van der Waals surface area contributed by atoms with Crippen molar-refractivity contribution in [2.45, 2.75) is 38.6 Å². The van der Waals surface area contributed by atoms with Crippen LogP contribution in [0.4, 0.5) is 17.6 Å². The lowest BCUT2D eigenvalue weighted by Gasteiger charge is -2.25. The van der Waals surface area contributed by atoms with Gasteiger partial charge in [0.2, 0.25) is 0 Å². The Balaban J connectivity index is 2.12. The molecule has 0 amide bonds. The lowest BCUT2D eigenvalue weighted by atomic mass is 9.90. The number of hydrogen-bond donors (Lipinski definition) is 1. The first-order valence-electron chi connectivity index (χ1n) is 6.88. The molecule has 1 fully saturated rings. The molecule has 0 aliphatic carbocycles. The highest BCUT2D eigenvalue weighted by Crippen LogP contribution is 2.33. The summed E-state index contributed by atoms with van der Waals surface area (Å²) in [6.45, 7) is 4.75. The third-order valence-corrected chi connectivity index (χ3v) is 4.05. The van der Waals surface area contributed by atoms with Crippen molar-refractivity contribution in [1.82, 2.24) is 4.90 Å². The van der Waals surface area contributed by atoms with E-state index in [1.807, 2.05) is 4.90 Å². The molecule has 0 aromatic heterocycles. The van der Waals surface area contributed by atoms with Crippen LogP contribution in [0.5, 0.6) is 0 Å². The fraction of sp³-hybridized carbons (Fsp3) is 0.600. The highest BCUT2D eigenvalue weighted by molar-refractivity contribution is 5.28. The molecule has 1 N–H and O–H groups in total. The number of hydrogen-bond acceptors (Lipinski definition) is 2. The van der Waals surface area contributed by atoms with Crippen molar-refractivity contribution < 1.29 is 22.7 Å². The van der Waals surface area contributed by atoms with Gasteiger partial charge in [-0.15, -0.1) is 0 Å². The van der Waals surface area contributed by atoms with E-state index in [1.54, 1.807) is 13.8 Å². The number of halogens is 4. The molecule has 6 heteroatoms. The van der Waals surface area contributed by atoms with Crippen LogP contribution < -0.4 is 0 Å². The summed E-state index contributed by atoms with van der Waals surface area (Å²) in [5.74, 6) is -1.15. The Morgan fingerprint density at radius 1 is 1.29 bits per heavy atom. The van der Waals surface area contributed by atoms with Crippen LogP contribution in [0.1, 0.15) is 31.4 Å². The third-order valence-electron chi connectivity index (χ3n) is 4.05. The largest absolute Gasteiger partial charge is 0.419 e. The first-order valence-corrected chi connectivity index (χ1v) is 6.88. The van der Waals surface area contributed by atoms with Gasteiger partial charge in [0.05, 0.1) is 11.2 Å². The van der Waals surface area contributed by atoms with Gasteiger partial charge in [-0.2, -0.15) is 13.2 Å². The van der Waals surface area contributed by atoms with E-state index >= 15 is 0 Å². The maximum absolute atomic E-state index is 14.0. The van der Waals surface area contributed by atoms with Gasteiger partial charge in [0.15, 0.2) is 0 Å². The fourth-order valence-electron chi connectivity index (χ4n) is 2.71. The molecule has 2 rings (SSSR count). The predicted octanol–water partition coefficient (Wildman–Crippen LogP) is 3.44. The molecule has 0 bridgehead atoms. The van der Waals surface area contributed by atoms with Gasteiger partial charge in [-0.05, 0) is 32.9 Å². The molecular weight excluding hydrogens is 286 g/mol. The quantitative estimate of drug-likeness (QED) is 0.865. The van der Waals surface area contributed by atoms with Gasteiger partial charge < -0.3 is 5.11 Å². The molecule has 1 aromatic carbocycles. The molecule has 1 atom stereocenters. The van der Waals surface area contributed by atoms with Crippen molar-refractivity contribution >= 4 is 0 Å². The van der Waals surface area contributed by atoms with Crippen LogP contribution in [0.25, 0.3) is 0 Å². The van der Waals surface area contributed by atoms with Crippen LogP contribution in [0, 0.1) is 11.7 Å². The topological polar surface area (TPSA) is 23.5 Å². The lowest BCUT2D eigenvalue weighted by molar-refractivity contribution is -0.140. The molecule has 0 radical (unpaired) electrons. The number of rotatable bonds is 3. The Labute approximate surface area is 121 Å². The highest BCUT2D eigenvalue weighted by atomic mass is 19.4. The molecule has 1 aliphatic rings. The van der Waals surface area contributed by atoms with Gasteiger partial charge in [-0.25, -0.2) is 4.39 Å². The number of nitrogens with zero attached hydrogens (tertiary/aromatic N) is 1. The van der Waals surface area contributed by atoms with Gasteiger partial charge in [-0.3, -0.25) is 4.90 Å². The van der Waals surface area contributed by atoms with Crippen molar-refractivity contribution in [2.75, 3.05) is 13.1 Å². The standard InChI is InChI=1S/C15H19F4NO/c1-14(2,21)11-6-7-20(9-11)8-10-4-3-5-12(13(10)16)15(17,18)19/h3-5,11,21H,6-9H2,1-2H3/t11-/m0/s1. The van der Waals surface area contributed by atoms with Crippen LogP contribution in [0.3, 0.4) is 0 Å². The van der Waals surface area contributed by atoms with Crippen molar-refractivity contribution in [3.63, 3.8) is 0 Å². The summed E-state index contributed by atoms with van der Waals surface area (Å²) in [4.78, 5) is 1.88. The maximum Gasteiger partial charge on any atom is 0.419 e. The Morgan fingerprint density at radius 2 is 1.95 bits per heavy atom. The van der Waals surface area contributed by atoms with Crippen molar-refractivity contribution in [3.8, 4) is 0 Å². The number of alkyl halides is 3. The van der Waals surface area contributed by atoms with E-state index in [1.165, 1.54) is 12.1 Å². The van der Waals surface area contributed by atoms with Gasteiger partial charge in [0, 0.05) is 24.6 Å². The van der Waals surface area contributed by atoms with Crippen LogP contribution >= 0.6 is 0 Å². The van der Waals surface area contributed by atoms with E-state index in [-0.39, 0.29) is 18.0 Å². The number of likely N-dealkylation sites (tertiary alicyclic amines) is 1. The summed E-state index contributed by atoms with van der Waals surface area (Å²) < 4.78 is 52.0. The zero-order valence-electron chi connectivity index (χ0n) is 12.0. The normalized spacial score (nSPS) is 21.0. The predicted molar refractivity (Wildman–Crippen MR) is 71.1 cm³/mol. The van der Waals surface area contributed by atoms with E-state index in [9.17, 15) is 22.7 Å². The van der Waals surface area contributed by atoms with Crippen molar-refractivity contribution in [1.29, 1.82) is 0 Å². The van der Waals surface area contributed by atoms with Gasteiger partial charge in [-0.1, -0.05) is 12.1 Å². The summed E-state index contributed by atoms with van der Waals surface area (Å²) in [5.41, 5.74) is -2.01. The lowest BCUT2D eigenvalue weighted by Crippen LogP contribution is -2.33. The number of benzene rings is 1. The van der Waals surface area contributed by atoms with Crippen LogP contribution in [-0.2, 0) is 12.7 Å². The molecule has 118 valence electrons. The smallest absolute Gasteiger partial charge is 0.390 e. The summed E-state index contributed by atoms with van der Waals surface area (Å²) in [6, 6.07) is 3.36. The molecule has 0 spiro atoms. The minimum absolute atomic E-state index is 0.0428. The van der Waals surface area contributed by atoms with E-state index < -0.39 is 23.2 Å². The summed E-state index contributed by atoms with van der Waals surface area (Å²) in [7, 11) is 0. The van der Waals surface area contributed by atoms with Crippen molar-refractivity contribution in [2.24, 2.45) is 5.92 Å². The van der Waals surface area contributed by atoms with E-state index in [4.69, 9.17) is 0 Å². The molecule has 2 nitrogen and oxygen atoms in total. The SMILES string of the molecule is CC(C)(O)[C@H]1CCN(Cc2cccc(C(F)(F)F)c2F)C1. The minimum Gasteiger partial charge on any atom is -0.390 e. The van der Waals surface area contributed by atoms with E-state index in [0.29, 0.717) is 13.1 Å². The van der Waals surface area contributed by atoms with Crippen LogP contribution in [0.2, 0.25) is 0 Å². The molecule has 1 aliphatic heterocycles. The maximum atomic E-state index is 14.0. The van der Waals surface area contributed by atoms with Crippen LogP contribution in [0.15, 0.2) is 18.2 Å². The molecule has 1 aromatic rings. The van der Waals surface area contributed by atoms with Crippen LogP contribution in [-0.4, -0.2) is 28.7 Å².